The number of carbonyl (C=O) groups is 1. The van der Waals surface area contributed by atoms with Crippen molar-refractivity contribution >= 4 is 27.5 Å². The van der Waals surface area contributed by atoms with Gasteiger partial charge in [0.05, 0.1) is 0 Å². The van der Waals surface area contributed by atoms with Gasteiger partial charge in [0.1, 0.15) is 0 Å². The van der Waals surface area contributed by atoms with Crippen molar-refractivity contribution < 1.29 is 9.53 Å². The average Bonchev–Trinajstić information content (AvgIpc) is 3.19. The number of pyridine rings is 1. The molecule has 0 spiro atoms. The summed E-state index contributed by atoms with van der Waals surface area (Å²) >= 11 is 3.36. The van der Waals surface area contributed by atoms with Gasteiger partial charge < -0.3 is 10.1 Å². The van der Waals surface area contributed by atoms with Crippen LogP contribution >= 0.6 is 15.9 Å². The minimum atomic E-state index is -0.253. The summed E-state index contributed by atoms with van der Waals surface area (Å²) in [6.07, 6.45) is 5.17. The van der Waals surface area contributed by atoms with Crippen molar-refractivity contribution in [3.8, 4) is 0 Å². The topological polar surface area (TPSA) is 68.5 Å². The second kappa shape index (κ2) is 6.53. The van der Waals surface area contributed by atoms with Crippen molar-refractivity contribution in [1.29, 1.82) is 0 Å². The Kier molecular flexibility index (Phi) is 4.50. The highest BCUT2D eigenvalue weighted by molar-refractivity contribution is 9.10. The summed E-state index contributed by atoms with van der Waals surface area (Å²) in [5.74, 6) is 0.713. The average molecular weight is 353 g/mol. The number of nitrogens with zero attached hydrogens (tertiary/aromatic N) is 3. The molecule has 0 radical (unpaired) electrons. The monoisotopic (exact) mass is 352 g/mol. The number of aromatic nitrogens is 3. The van der Waals surface area contributed by atoms with E-state index in [1.165, 1.54) is 12.8 Å². The third-order valence-corrected chi connectivity index (χ3v) is 3.77. The number of hydrogen-bond donors (Lipinski definition) is 1. The summed E-state index contributed by atoms with van der Waals surface area (Å²) in [6.45, 7) is 2.11. The fourth-order valence-electron chi connectivity index (χ4n) is 1.94. The molecule has 1 N–H and O–H groups in total. The first kappa shape index (κ1) is 14.5. The van der Waals surface area contributed by atoms with Crippen molar-refractivity contribution in [2.75, 3.05) is 19.8 Å². The highest BCUT2D eigenvalue weighted by atomic mass is 79.9. The number of nitrogens with one attached hydrogen (secondary N) is 1. The maximum absolute atomic E-state index is 11.9. The van der Waals surface area contributed by atoms with Gasteiger partial charge in [-0.15, -0.1) is 5.10 Å². The zero-order valence-electron chi connectivity index (χ0n) is 11.6. The van der Waals surface area contributed by atoms with Gasteiger partial charge in [-0.2, -0.15) is 0 Å². The largest absolute Gasteiger partial charge is 0.381 e. The fraction of sp³-hybridized carbons (Fsp3) is 0.500. The maximum atomic E-state index is 11.9. The number of ether oxygens (including phenoxy) is 1. The van der Waals surface area contributed by atoms with E-state index >= 15 is 0 Å². The first-order valence-corrected chi connectivity index (χ1v) is 7.89. The molecule has 2 heterocycles. The van der Waals surface area contributed by atoms with Crippen LogP contribution in [-0.2, 0) is 4.74 Å². The molecule has 2 aromatic heterocycles. The number of amides is 1. The van der Waals surface area contributed by atoms with Gasteiger partial charge in [-0.3, -0.25) is 4.79 Å². The maximum Gasteiger partial charge on any atom is 0.290 e. The van der Waals surface area contributed by atoms with Crippen LogP contribution < -0.4 is 5.32 Å². The molecule has 1 fully saturated rings. The van der Waals surface area contributed by atoms with E-state index < -0.39 is 0 Å². The molecule has 0 aliphatic heterocycles. The van der Waals surface area contributed by atoms with E-state index in [1.54, 1.807) is 16.8 Å². The molecule has 0 unspecified atom stereocenters. The van der Waals surface area contributed by atoms with Gasteiger partial charge in [-0.25, -0.2) is 9.50 Å². The van der Waals surface area contributed by atoms with Gasteiger partial charge >= 0.3 is 0 Å². The van der Waals surface area contributed by atoms with E-state index in [2.05, 4.69) is 31.3 Å². The van der Waals surface area contributed by atoms with Crippen molar-refractivity contribution in [3.05, 3.63) is 28.6 Å². The van der Waals surface area contributed by atoms with Crippen LogP contribution in [0.1, 0.15) is 29.9 Å². The molecule has 0 atom stereocenters. The van der Waals surface area contributed by atoms with Crippen LogP contribution in [0.2, 0.25) is 0 Å². The minimum Gasteiger partial charge on any atom is -0.381 e. The molecular formula is C14H17BrN4O2. The standard InChI is InChI=1S/C14H17BrN4O2/c15-11-4-5-12-17-13(18-19(12)8-11)14(20)16-6-1-7-21-9-10-2-3-10/h4-5,8,10H,1-3,6-7,9H2,(H,16,20). The fourth-order valence-corrected chi connectivity index (χ4v) is 2.27. The van der Waals surface area contributed by atoms with Crippen molar-refractivity contribution in [2.45, 2.75) is 19.3 Å². The molecule has 2 aromatic rings. The third kappa shape index (κ3) is 4.01. The van der Waals surface area contributed by atoms with Gasteiger partial charge in [0.15, 0.2) is 5.65 Å². The lowest BCUT2D eigenvalue weighted by molar-refractivity contribution is 0.0927. The normalized spacial score (nSPS) is 14.5. The lowest BCUT2D eigenvalue weighted by Crippen LogP contribution is -2.26. The molecule has 21 heavy (non-hydrogen) atoms. The molecule has 0 bridgehead atoms. The Morgan fingerprint density at radius 1 is 1.48 bits per heavy atom. The summed E-state index contributed by atoms with van der Waals surface area (Å²) < 4.78 is 7.98. The van der Waals surface area contributed by atoms with Crippen LogP contribution in [0.3, 0.4) is 0 Å². The van der Waals surface area contributed by atoms with E-state index in [-0.39, 0.29) is 11.7 Å². The van der Waals surface area contributed by atoms with Crippen LogP contribution in [-0.4, -0.2) is 40.3 Å². The summed E-state index contributed by atoms with van der Waals surface area (Å²) in [6, 6.07) is 3.67. The zero-order chi connectivity index (χ0) is 14.7. The van der Waals surface area contributed by atoms with Crippen LogP contribution in [0.5, 0.6) is 0 Å². The molecule has 6 nitrogen and oxygen atoms in total. The second-order valence-corrected chi connectivity index (χ2v) is 6.13. The van der Waals surface area contributed by atoms with Crippen molar-refractivity contribution in [3.63, 3.8) is 0 Å². The molecule has 1 saturated carbocycles. The Balaban J connectivity index is 1.44. The lowest BCUT2D eigenvalue weighted by Gasteiger charge is -2.03. The summed E-state index contributed by atoms with van der Waals surface area (Å²) in [5, 5.41) is 6.96. The molecule has 1 aliphatic carbocycles. The third-order valence-electron chi connectivity index (χ3n) is 3.30. The van der Waals surface area contributed by atoms with E-state index in [0.717, 1.165) is 23.4 Å². The zero-order valence-corrected chi connectivity index (χ0v) is 13.2. The number of fused-ring (bicyclic) bond motifs is 1. The molecule has 7 heteroatoms. The molecule has 1 amide bonds. The quantitative estimate of drug-likeness (QED) is 0.774. The SMILES string of the molecule is O=C(NCCCOCC1CC1)c1nc2ccc(Br)cn2n1. The predicted octanol–water partition coefficient (Wildman–Crippen LogP) is 2.04. The van der Waals surface area contributed by atoms with E-state index in [9.17, 15) is 4.79 Å². The molecule has 112 valence electrons. The van der Waals surface area contributed by atoms with Gasteiger partial charge in [0.25, 0.3) is 5.91 Å². The van der Waals surface area contributed by atoms with Crippen molar-refractivity contribution in [2.24, 2.45) is 5.92 Å². The van der Waals surface area contributed by atoms with Gasteiger partial charge in [0.2, 0.25) is 5.82 Å². The minimum absolute atomic E-state index is 0.187. The van der Waals surface area contributed by atoms with Crippen LogP contribution in [0.4, 0.5) is 0 Å². The Morgan fingerprint density at radius 2 is 2.33 bits per heavy atom. The Morgan fingerprint density at radius 3 is 3.14 bits per heavy atom. The summed E-state index contributed by atoms with van der Waals surface area (Å²) in [5.41, 5.74) is 0.649. The Bertz CT molecular complexity index is 639. The van der Waals surface area contributed by atoms with Gasteiger partial charge in [-0.05, 0) is 53.2 Å². The van der Waals surface area contributed by atoms with Crippen LogP contribution in [0.15, 0.2) is 22.8 Å². The van der Waals surface area contributed by atoms with Crippen molar-refractivity contribution in [1.82, 2.24) is 19.9 Å². The highest BCUT2D eigenvalue weighted by Crippen LogP contribution is 2.28. The smallest absolute Gasteiger partial charge is 0.290 e. The van der Waals surface area contributed by atoms with E-state index in [1.807, 2.05) is 6.07 Å². The highest BCUT2D eigenvalue weighted by Gasteiger charge is 2.20. The number of hydrogen-bond acceptors (Lipinski definition) is 4. The molecule has 0 saturated heterocycles. The second-order valence-electron chi connectivity index (χ2n) is 5.21. The number of rotatable bonds is 7. The number of carbonyl (C=O) groups excluding carboxylic acids is 1. The van der Waals surface area contributed by atoms with Crippen LogP contribution in [0, 0.1) is 5.92 Å². The first-order valence-electron chi connectivity index (χ1n) is 7.10. The van der Waals surface area contributed by atoms with E-state index in [4.69, 9.17) is 4.74 Å². The van der Waals surface area contributed by atoms with Crippen LogP contribution in [0.25, 0.3) is 5.65 Å². The molecular weight excluding hydrogens is 336 g/mol. The molecule has 1 aliphatic rings. The van der Waals surface area contributed by atoms with Gasteiger partial charge in [0, 0.05) is 30.4 Å². The lowest BCUT2D eigenvalue weighted by atomic mass is 10.4. The summed E-state index contributed by atoms with van der Waals surface area (Å²) in [7, 11) is 0. The first-order chi connectivity index (χ1) is 10.2. The predicted molar refractivity (Wildman–Crippen MR) is 81.2 cm³/mol. The molecule has 3 rings (SSSR count). The summed E-state index contributed by atoms with van der Waals surface area (Å²) in [4.78, 5) is 16.1. The number of halogens is 1. The van der Waals surface area contributed by atoms with Gasteiger partial charge in [-0.1, -0.05) is 0 Å². The Hall–Kier alpha value is -1.47. The Labute approximate surface area is 131 Å². The van der Waals surface area contributed by atoms with E-state index in [0.29, 0.717) is 18.8 Å². The molecule has 0 aromatic carbocycles.